The fraction of sp³-hybridized carbons (Fsp3) is 0.297. The predicted octanol–water partition coefficient (Wildman–Crippen LogP) is 6.05. The first kappa shape index (κ1) is 35.7. The molecule has 0 amide bonds. The van der Waals surface area contributed by atoms with Crippen LogP contribution in [0.15, 0.2) is 75.7 Å². The zero-order chi connectivity index (χ0) is 35.2. The largest absolute Gasteiger partial charge is 0.493 e. The van der Waals surface area contributed by atoms with Crippen molar-refractivity contribution in [1.82, 2.24) is 4.57 Å². The Labute approximate surface area is 302 Å². The molecule has 0 spiro atoms. The smallest absolute Gasteiger partial charge is 0.338 e. The number of hydrogen-bond acceptors (Lipinski definition) is 10. The number of hydrogen-bond donors (Lipinski definition) is 0. The molecule has 0 unspecified atom stereocenters. The van der Waals surface area contributed by atoms with Gasteiger partial charge in [0.05, 0.1) is 63.5 Å². The van der Waals surface area contributed by atoms with Gasteiger partial charge in [0.15, 0.2) is 27.8 Å². The van der Waals surface area contributed by atoms with Gasteiger partial charge in [0.25, 0.3) is 5.56 Å². The number of carbonyl (C=O) groups excluding carboxylic acids is 1. The molecule has 0 N–H and O–H groups in total. The number of nitrogens with zero attached hydrogens (tertiary/aromatic N) is 3. The van der Waals surface area contributed by atoms with Crippen molar-refractivity contribution in [1.29, 1.82) is 5.26 Å². The van der Waals surface area contributed by atoms with Crippen LogP contribution in [0.2, 0.25) is 0 Å². The number of nitriles is 1. The van der Waals surface area contributed by atoms with E-state index in [0.29, 0.717) is 55.8 Å². The van der Waals surface area contributed by atoms with E-state index in [2.05, 4.69) is 28.7 Å². The molecule has 0 fully saturated rings. The number of carbonyl (C=O) groups is 1. The van der Waals surface area contributed by atoms with E-state index in [1.54, 1.807) is 51.3 Å². The molecule has 2 heterocycles. The fourth-order valence-electron chi connectivity index (χ4n) is 5.37. The lowest BCUT2D eigenvalue weighted by molar-refractivity contribution is -0.139. The van der Waals surface area contributed by atoms with Crippen molar-refractivity contribution < 1.29 is 28.5 Å². The lowest BCUT2D eigenvalue weighted by Crippen LogP contribution is -2.40. The van der Waals surface area contributed by atoms with E-state index >= 15 is 0 Å². The van der Waals surface area contributed by atoms with E-state index in [4.69, 9.17) is 33.9 Å². The van der Waals surface area contributed by atoms with Crippen LogP contribution in [-0.4, -0.2) is 37.0 Å². The molecular formula is C37H36IN3O7S. The number of aromatic nitrogens is 1. The average Bonchev–Trinajstić information content (AvgIpc) is 3.37. The van der Waals surface area contributed by atoms with Crippen LogP contribution >= 0.6 is 33.9 Å². The molecule has 0 bridgehead atoms. The third-order valence-corrected chi connectivity index (χ3v) is 9.26. The van der Waals surface area contributed by atoms with E-state index in [1.165, 1.54) is 15.9 Å². The summed E-state index contributed by atoms with van der Waals surface area (Å²) in [5.41, 5.74) is 3.31. The van der Waals surface area contributed by atoms with Crippen LogP contribution in [0.1, 0.15) is 62.9 Å². The summed E-state index contributed by atoms with van der Waals surface area (Å²) in [6.45, 7) is 10.1. The van der Waals surface area contributed by atoms with Gasteiger partial charge in [-0.3, -0.25) is 9.36 Å². The molecule has 3 aromatic carbocycles. The summed E-state index contributed by atoms with van der Waals surface area (Å²) in [5.74, 6) is 1.61. The standard InChI is InChI=1S/C37H36IN3O7S/c1-7-45-30-16-25(15-27(38)34(30)47-20-24-11-9-23(19-39)10-12-24)17-31-35(42)41-33(26-13-14-28(48-21(3)4)29(18-26)44-6)32(36(43)46-8-2)22(5)40-37(41)49-31/h9-18,21,33H,7-8,20H2,1-6H3/b31-17+/t33-/m1/s1. The number of halogens is 1. The molecule has 0 aliphatic carbocycles. The molecule has 1 aliphatic rings. The summed E-state index contributed by atoms with van der Waals surface area (Å²) in [6, 6.07) is 17.7. The molecule has 12 heteroatoms. The van der Waals surface area contributed by atoms with Crippen LogP contribution in [0, 0.1) is 14.9 Å². The van der Waals surface area contributed by atoms with Crippen molar-refractivity contribution in [3.63, 3.8) is 0 Å². The second-order valence-corrected chi connectivity index (χ2v) is 13.4. The van der Waals surface area contributed by atoms with Crippen molar-refractivity contribution in [2.75, 3.05) is 20.3 Å². The molecule has 0 saturated heterocycles. The third-order valence-electron chi connectivity index (χ3n) is 7.48. The number of benzene rings is 3. The first-order valence-electron chi connectivity index (χ1n) is 15.7. The Hall–Kier alpha value is -4.61. The summed E-state index contributed by atoms with van der Waals surface area (Å²) in [4.78, 5) is 32.8. The van der Waals surface area contributed by atoms with Crippen LogP contribution in [0.25, 0.3) is 6.08 Å². The van der Waals surface area contributed by atoms with Gasteiger partial charge in [0, 0.05) is 0 Å². The SMILES string of the molecule is CCOC(=O)C1=C(C)N=c2s/c(=C/c3cc(I)c(OCc4ccc(C#N)cc4)c(OCC)c3)c(=O)n2[C@@H]1c1ccc(OC(C)C)c(OC)c1. The van der Waals surface area contributed by atoms with Crippen LogP contribution < -0.4 is 33.8 Å². The van der Waals surface area contributed by atoms with Crippen molar-refractivity contribution in [2.45, 2.75) is 53.4 Å². The summed E-state index contributed by atoms with van der Waals surface area (Å²) < 4.78 is 31.9. The van der Waals surface area contributed by atoms with Gasteiger partial charge in [-0.25, -0.2) is 9.79 Å². The number of fused-ring (bicyclic) bond motifs is 1. The van der Waals surface area contributed by atoms with E-state index < -0.39 is 12.0 Å². The quantitative estimate of drug-likeness (QED) is 0.126. The highest BCUT2D eigenvalue weighted by Gasteiger charge is 2.34. The predicted molar refractivity (Wildman–Crippen MR) is 195 cm³/mol. The number of rotatable bonds is 12. The van der Waals surface area contributed by atoms with E-state index in [1.807, 2.05) is 51.1 Å². The maximum Gasteiger partial charge on any atom is 0.338 e. The highest BCUT2D eigenvalue weighted by Crippen LogP contribution is 2.37. The molecule has 49 heavy (non-hydrogen) atoms. The number of methoxy groups -OCH3 is 1. The van der Waals surface area contributed by atoms with Gasteiger partial charge in [0.2, 0.25) is 0 Å². The number of allylic oxidation sites excluding steroid dienone is 1. The molecule has 1 aliphatic heterocycles. The molecule has 5 rings (SSSR count). The summed E-state index contributed by atoms with van der Waals surface area (Å²) >= 11 is 3.43. The molecule has 254 valence electrons. The zero-order valence-corrected chi connectivity index (χ0v) is 31.0. The summed E-state index contributed by atoms with van der Waals surface area (Å²) in [6.07, 6.45) is 1.71. The fourth-order valence-corrected chi connectivity index (χ4v) is 7.20. The number of thiazole rings is 1. The second kappa shape index (κ2) is 15.7. The molecule has 1 atom stereocenters. The Morgan fingerprint density at radius 3 is 2.47 bits per heavy atom. The van der Waals surface area contributed by atoms with Crippen molar-refractivity contribution in [2.24, 2.45) is 4.99 Å². The molecule has 1 aromatic heterocycles. The topological polar surface area (TPSA) is 121 Å². The zero-order valence-electron chi connectivity index (χ0n) is 28.0. The van der Waals surface area contributed by atoms with E-state index in [-0.39, 0.29) is 30.5 Å². The van der Waals surface area contributed by atoms with Crippen molar-refractivity contribution in [3.8, 4) is 29.1 Å². The van der Waals surface area contributed by atoms with Crippen LogP contribution in [0.4, 0.5) is 0 Å². The van der Waals surface area contributed by atoms with Gasteiger partial charge < -0.3 is 23.7 Å². The molecule has 4 aromatic rings. The van der Waals surface area contributed by atoms with Gasteiger partial charge in [-0.1, -0.05) is 29.5 Å². The minimum absolute atomic E-state index is 0.0795. The highest BCUT2D eigenvalue weighted by atomic mass is 127. The summed E-state index contributed by atoms with van der Waals surface area (Å²) in [5, 5.41) is 9.09. The van der Waals surface area contributed by atoms with Gasteiger partial charge in [-0.05, 0) is 116 Å². The number of ether oxygens (including phenoxy) is 5. The summed E-state index contributed by atoms with van der Waals surface area (Å²) in [7, 11) is 1.55. The Morgan fingerprint density at radius 2 is 1.82 bits per heavy atom. The Morgan fingerprint density at radius 1 is 1.06 bits per heavy atom. The maximum atomic E-state index is 14.2. The Bertz CT molecular complexity index is 2130. The van der Waals surface area contributed by atoms with E-state index in [9.17, 15) is 9.59 Å². The average molecular weight is 794 g/mol. The van der Waals surface area contributed by atoms with Gasteiger partial charge in [-0.15, -0.1) is 0 Å². The molecule has 10 nitrogen and oxygen atoms in total. The maximum absolute atomic E-state index is 14.2. The Kier molecular flexibility index (Phi) is 11.5. The van der Waals surface area contributed by atoms with Gasteiger partial charge >= 0.3 is 5.97 Å². The van der Waals surface area contributed by atoms with Gasteiger partial charge in [-0.2, -0.15) is 5.26 Å². The molecular weight excluding hydrogens is 757 g/mol. The molecule has 0 saturated carbocycles. The molecule has 0 radical (unpaired) electrons. The Balaban J connectivity index is 1.59. The monoisotopic (exact) mass is 793 g/mol. The van der Waals surface area contributed by atoms with Crippen LogP contribution in [-0.2, 0) is 16.1 Å². The van der Waals surface area contributed by atoms with Gasteiger partial charge in [0.1, 0.15) is 6.61 Å². The van der Waals surface area contributed by atoms with E-state index in [0.717, 1.165) is 14.7 Å². The second-order valence-electron chi connectivity index (χ2n) is 11.2. The van der Waals surface area contributed by atoms with Crippen molar-refractivity contribution >= 4 is 46.0 Å². The lowest BCUT2D eigenvalue weighted by atomic mass is 9.95. The lowest BCUT2D eigenvalue weighted by Gasteiger charge is -2.25. The van der Waals surface area contributed by atoms with Crippen LogP contribution in [0.5, 0.6) is 23.0 Å². The first-order valence-corrected chi connectivity index (χ1v) is 17.6. The highest BCUT2D eigenvalue weighted by molar-refractivity contribution is 14.1. The van der Waals surface area contributed by atoms with Crippen LogP contribution in [0.3, 0.4) is 0 Å². The number of esters is 1. The van der Waals surface area contributed by atoms with Crippen molar-refractivity contribution in [3.05, 3.63) is 111 Å². The minimum atomic E-state index is -0.809. The normalized spacial score (nSPS) is 14.2. The third kappa shape index (κ3) is 7.84. The minimum Gasteiger partial charge on any atom is -0.493 e. The first-order chi connectivity index (χ1) is 23.6.